The largest absolute Gasteiger partial charge is 0.350 e. The predicted octanol–water partition coefficient (Wildman–Crippen LogP) is 6.28. The Morgan fingerprint density at radius 1 is 0.926 bits per heavy atom. The van der Waals surface area contributed by atoms with Crippen LogP contribution in [-0.2, 0) is 9.59 Å². The molecule has 1 rings (SSSR count). The van der Waals surface area contributed by atoms with Gasteiger partial charge in [0.1, 0.15) is 0 Å². The predicted molar refractivity (Wildman–Crippen MR) is 114 cm³/mol. The van der Waals surface area contributed by atoms with Crippen LogP contribution in [0.1, 0.15) is 87.0 Å². The van der Waals surface area contributed by atoms with Crippen molar-refractivity contribution < 1.29 is 9.59 Å². The van der Waals surface area contributed by atoms with E-state index in [1.807, 2.05) is 6.92 Å². The Hall–Kier alpha value is -1.90. The summed E-state index contributed by atoms with van der Waals surface area (Å²) in [7, 11) is 0. The molecule has 3 heteroatoms. The van der Waals surface area contributed by atoms with Crippen LogP contribution < -0.4 is 0 Å². The number of rotatable bonds is 10. The van der Waals surface area contributed by atoms with E-state index in [2.05, 4.69) is 32.3 Å². The summed E-state index contributed by atoms with van der Waals surface area (Å²) in [5.41, 5.74) is 6.31. The van der Waals surface area contributed by atoms with E-state index in [0.717, 1.165) is 31.5 Å². The number of carbonyl (C=O) groups excluding carboxylic acids is 2. The molecule has 0 N–H and O–H groups in total. The third-order valence-electron chi connectivity index (χ3n) is 5.64. The second-order valence-corrected chi connectivity index (χ2v) is 7.69. The second-order valence-electron chi connectivity index (χ2n) is 7.69. The van der Waals surface area contributed by atoms with Gasteiger partial charge in [0.15, 0.2) is 11.6 Å². The quantitative estimate of drug-likeness (QED) is 0.424. The standard InChI is InChI=1S/C24H37NO2/c1-9-11-13-17(5)22(10-2)25(16(3)4)15-12-14-21-20(8)23(26)18(6)19(7)24(21)27/h3,9-15H2,1-2,4-8H3/b22-17+. The highest BCUT2D eigenvalue weighted by Gasteiger charge is 2.27. The first-order valence-corrected chi connectivity index (χ1v) is 10.3. The molecule has 0 aliphatic heterocycles. The van der Waals surface area contributed by atoms with Crippen molar-refractivity contribution >= 4 is 11.6 Å². The van der Waals surface area contributed by atoms with Gasteiger partial charge in [-0.3, -0.25) is 9.59 Å². The number of allylic oxidation sites excluding steroid dienone is 7. The fourth-order valence-electron chi connectivity index (χ4n) is 3.74. The molecule has 0 saturated carbocycles. The third-order valence-corrected chi connectivity index (χ3v) is 5.64. The Labute approximate surface area is 165 Å². The molecule has 0 saturated heterocycles. The molecule has 0 aromatic rings. The fourth-order valence-corrected chi connectivity index (χ4v) is 3.74. The van der Waals surface area contributed by atoms with Crippen molar-refractivity contribution in [2.24, 2.45) is 0 Å². The summed E-state index contributed by atoms with van der Waals surface area (Å²) >= 11 is 0. The van der Waals surface area contributed by atoms with Crippen LogP contribution in [0.25, 0.3) is 0 Å². The lowest BCUT2D eigenvalue weighted by Gasteiger charge is -2.30. The first-order chi connectivity index (χ1) is 12.7. The molecule has 0 spiro atoms. The molecule has 150 valence electrons. The monoisotopic (exact) mass is 371 g/mol. The van der Waals surface area contributed by atoms with Gasteiger partial charge < -0.3 is 4.90 Å². The molecular weight excluding hydrogens is 334 g/mol. The maximum Gasteiger partial charge on any atom is 0.185 e. The van der Waals surface area contributed by atoms with Gasteiger partial charge in [0, 0.05) is 40.2 Å². The van der Waals surface area contributed by atoms with Crippen LogP contribution in [0.3, 0.4) is 0 Å². The van der Waals surface area contributed by atoms with E-state index in [0.29, 0.717) is 28.7 Å². The first kappa shape index (κ1) is 23.1. The van der Waals surface area contributed by atoms with Crippen LogP contribution in [0.15, 0.2) is 45.8 Å². The number of hydrogen-bond acceptors (Lipinski definition) is 3. The number of hydrogen-bond donors (Lipinski definition) is 0. The van der Waals surface area contributed by atoms with Crippen LogP contribution in [0.4, 0.5) is 0 Å². The molecule has 0 unspecified atom stereocenters. The Morgan fingerprint density at radius 2 is 1.52 bits per heavy atom. The summed E-state index contributed by atoms with van der Waals surface area (Å²) in [5, 5.41) is 0. The van der Waals surface area contributed by atoms with Crippen LogP contribution in [0.2, 0.25) is 0 Å². The highest BCUT2D eigenvalue weighted by atomic mass is 16.1. The highest BCUT2D eigenvalue weighted by Crippen LogP contribution is 2.28. The van der Waals surface area contributed by atoms with Gasteiger partial charge in [0.25, 0.3) is 0 Å². The Bertz CT molecular complexity index is 704. The Morgan fingerprint density at radius 3 is 2.04 bits per heavy atom. The van der Waals surface area contributed by atoms with Gasteiger partial charge in [-0.25, -0.2) is 0 Å². The van der Waals surface area contributed by atoms with Gasteiger partial charge >= 0.3 is 0 Å². The number of nitrogens with zero attached hydrogens (tertiary/aromatic N) is 1. The molecule has 0 fully saturated rings. The minimum Gasteiger partial charge on any atom is -0.350 e. The fraction of sp³-hybridized carbons (Fsp3) is 0.583. The normalized spacial score (nSPS) is 16.1. The van der Waals surface area contributed by atoms with Crippen LogP contribution in [-0.4, -0.2) is 23.0 Å². The molecule has 0 aromatic carbocycles. The minimum absolute atomic E-state index is 0.0170. The van der Waals surface area contributed by atoms with Crippen molar-refractivity contribution in [3.05, 3.63) is 45.8 Å². The summed E-state index contributed by atoms with van der Waals surface area (Å²) in [6.07, 6.45) is 5.95. The number of unbranched alkanes of at least 4 members (excludes halogenated alkanes) is 1. The lowest BCUT2D eigenvalue weighted by Crippen LogP contribution is -2.25. The number of Topliss-reactive ketones (excluding diaryl/α,β-unsaturated/α-hetero) is 2. The van der Waals surface area contributed by atoms with Crippen molar-refractivity contribution in [3.63, 3.8) is 0 Å². The molecule has 0 heterocycles. The van der Waals surface area contributed by atoms with Crippen LogP contribution in [0, 0.1) is 0 Å². The SMILES string of the molecule is C=C(C)N(CCCC1=C(C)C(=O)C(C)=C(C)C1=O)/C(CC)=C(\C)CCCC. The third kappa shape index (κ3) is 5.54. The zero-order chi connectivity index (χ0) is 20.7. The number of ketones is 2. The molecule has 1 aliphatic carbocycles. The van der Waals surface area contributed by atoms with E-state index in [1.165, 1.54) is 24.1 Å². The van der Waals surface area contributed by atoms with E-state index in [9.17, 15) is 9.59 Å². The van der Waals surface area contributed by atoms with Gasteiger partial charge in [-0.2, -0.15) is 0 Å². The van der Waals surface area contributed by atoms with Crippen molar-refractivity contribution in [2.45, 2.75) is 87.0 Å². The van der Waals surface area contributed by atoms with E-state index < -0.39 is 0 Å². The maximum absolute atomic E-state index is 12.6. The average molecular weight is 372 g/mol. The molecule has 0 amide bonds. The zero-order valence-corrected chi connectivity index (χ0v) is 18.4. The topological polar surface area (TPSA) is 37.4 Å². The molecule has 0 atom stereocenters. The lowest BCUT2D eigenvalue weighted by molar-refractivity contribution is -0.116. The van der Waals surface area contributed by atoms with Crippen molar-refractivity contribution in [2.75, 3.05) is 6.54 Å². The lowest BCUT2D eigenvalue weighted by atomic mass is 9.84. The average Bonchev–Trinajstić information content (AvgIpc) is 2.64. The summed E-state index contributed by atoms with van der Waals surface area (Å²) < 4.78 is 0. The van der Waals surface area contributed by atoms with Gasteiger partial charge in [0.05, 0.1) is 0 Å². The molecule has 0 bridgehead atoms. The van der Waals surface area contributed by atoms with E-state index in [1.54, 1.807) is 20.8 Å². The van der Waals surface area contributed by atoms with Crippen LogP contribution >= 0.6 is 0 Å². The second kappa shape index (κ2) is 10.4. The van der Waals surface area contributed by atoms with E-state index in [-0.39, 0.29) is 11.6 Å². The van der Waals surface area contributed by atoms with E-state index >= 15 is 0 Å². The summed E-state index contributed by atoms with van der Waals surface area (Å²) in [6.45, 7) is 18.9. The maximum atomic E-state index is 12.6. The molecule has 0 radical (unpaired) electrons. The molecule has 3 nitrogen and oxygen atoms in total. The minimum atomic E-state index is 0.0170. The van der Waals surface area contributed by atoms with Gasteiger partial charge in [-0.1, -0.05) is 32.4 Å². The van der Waals surface area contributed by atoms with Gasteiger partial charge in [-0.15, -0.1) is 0 Å². The smallest absolute Gasteiger partial charge is 0.185 e. The summed E-state index contributed by atoms with van der Waals surface area (Å²) in [5.74, 6) is 0.0558. The molecule has 1 aliphatic rings. The van der Waals surface area contributed by atoms with Gasteiger partial charge in [0.2, 0.25) is 0 Å². The molecular formula is C24H37NO2. The molecule has 27 heavy (non-hydrogen) atoms. The number of carbonyl (C=O) groups is 2. The van der Waals surface area contributed by atoms with Crippen molar-refractivity contribution in [3.8, 4) is 0 Å². The Balaban J connectivity index is 2.92. The van der Waals surface area contributed by atoms with E-state index in [4.69, 9.17) is 0 Å². The molecule has 0 aromatic heterocycles. The summed E-state index contributed by atoms with van der Waals surface area (Å²) in [4.78, 5) is 27.2. The first-order valence-electron chi connectivity index (χ1n) is 10.3. The Kier molecular flexibility index (Phi) is 8.95. The zero-order valence-electron chi connectivity index (χ0n) is 18.4. The van der Waals surface area contributed by atoms with Crippen molar-refractivity contribution in [1.29, 1.82) is 0 Å². The van der Waals surface area contributed by atoms with Crippen LogP contribution in [0.5, 0.6) is 0 Å². The van der Waals surface area contributed by atoms with Gasteiger partial charge in [-0.05, 0) is 66.7 Å². The highest BCUT2D eigenvalue weighted by molar-refractivity contribution is 6.24. The van der Waals surface area contributed by atoms with Crippen molar-refractivity contribution in [1.82, 2.24) is 4.90 Å². The summed E-state index contributed by atoms with van der Waals surface area (Å²) in [6, 6.07) is 0.